The molecule has 4 amide bonds. The molecule has 9 heteroatoms. The highest BCUT2D eigenvalue weighted by molar-refractivity contribution is 14.1. The van der Waals surface area contributed by atoms with Gasteiger partial charge < -0.3 is 5.11 Å². The topological polar surface area (TPSA) is 95.0 Å². The Hall–Kier alpha value is -3.50. The summed E-state index contributed by atoms with van der Waals surface area (Å²) in [4.78, 5) is 58.8. The molecule has 212 valence electrons. The minimum absolute atomic E-state index is 0.0409. The largest absolute Gasteiger partial charge is 0.508 e. The van der Waals surface area contributed by atoms with Crippen LogP contribution >= 0.6 is 34.2 Å². The van der Waals surface area contributed by atoms with Crippen LogP contribution in [0.1, 0.15) is 31.2 Å². The zero-order chi connectivity index (χ0) is 29.5. The molecule has 1 N–H and O–H groups in total. The fraction of sp³-hybridized carbons (Fsp3) is 0.273. The molecule has 3 fully saturated rings. The van der Waals surface area contributed by atoms with Crippen LogP contribution < -0.4 is 9.80 Å². The summed E-state index contributed by atoms with van der Waals surface area (Å²) in [5.41, 5.74) is 0.990. The number of hydrogen-bond donors (Lipinski definition) is 1. The Morgan fingerprint density at radius 1 is 0.857 bits per heavy atom. The maximum Gasteiger partial charge on any atom is 0.241 e. The van der Waals surface area contributed by atoms with E-state index in [0.29, 0.717) is 28.4 Å². The van der Waals surface area contributed by atoms with Gasteiger partial charge in [-0.05, 0) is 103 Å². The molecule has 0 aromatic heterocycles. The molecular weight excluding hydrogens is 667 g/mol. The van der Waals surface area contributed by atoms with E-state index < -0.39 is 35.0 Å². The SMILES string of the molecule is C[C@@]12C(=O)N(c3ccccc3)C(=O)[C@@H]1C[C@@H]1C(=CC[C@@H]3C(=O)N(c4ccc(I)cc4)C(=O)[C@@H]31)[C@@H]2c1cc(Cl)ccc1O. The van der Waals surface area contributed by atoms with Crippen LogP contribution in [-0.2, 0) is 19.2 Å². The van der Waals surface area contributed by atoms with Crippen molar-refractivity contribution in [2.45, 2.75) is 25.7 Å². The molecule has 0 unspecified atom stereocenters. The molecule has 2 aliphatic carbocycles. The smallest absolute Gasteiger partial charge is 0.241 e. The second-order valence-electron chi connectivity index (χ2n) is 11.7. The summed E-state index contributed by atoms with van der Waals surface area (Å²) in [5, 5.41) is 11.5. The molecule has 7 nitrogen and oxygen atoms in total. The van der Waals surface area contributed by atoms with E-state index in [4.69, 9.17) is 11.6 Å². The van der Waals surface area contributed by atoms with Gasteiger partial charge in [0.2, 0.25) is 23.6 Å². The molecular formula is C33H26ClIN2O5. The van der Waals surface area contributed by atoms with Crippen molar-refractivity contribution in [1.29, 1.82) is 0 Å². The van der Waals surface area contributed by atoms with Crippen molar-refractivity contribution in [2.75, 3.05) is 9.80 Å². The number of halogens is 2. The van der Waals surface area contributed by atoms with Gasteiger partial charge in [0, 0.05) is 20.1 Å². The van der Waals surface area contributed by atoms with Crippen LogP contribution in [-0.4, -0.2) is 28.7 Å². The maximum absolute atomic E-state index is 14.4. The predicted octanol–water partition coefficient (Wildman–Crippen LogP) is 6.09. The number of phenolic OH excluding ortho intramolecular Hbond substituents is 1. The number of para-hydroxylation sites is 1. The van der Waals surface area contributed by atoms with Gasteiger partial charge in [0.1, 0.15) is 5.75 Å². The first-order valence-corrected chi connectivity index (χ1v) is 15.3. The van der Waals surface area contributed by atoms with Crippen molar-refractivity contribution < 1.29 is 24.3 Å². The fourth-order valence-electron chi connectivity index (χ4n) is 7.78. The number of carbonyl (C=O) groups is 4. The molecule has 2 aliphatic heterocycles. The Kier molecular flexibility index (Phi) is 6.36. The number of carbonyl (C=O) groups excluding carboxylic acids is 4. The molecule has 42 heavy (non-hydrogen) atoms. The molecule has 6 atom stereocenters. The van der Waals surface area contributed by atoms with Gasteiger partial charge in [0.15, 0.2) is 0 Å². The third kappa shape index (κ3) is 3.77. The average Bonchev–Trinajstić information content (AvgIpc) is 3.35. The fourth-order valence-corrected chi connectivity index (χ4v) is 8.32. The van der Waals surface area contributed by atoms with Crippen molar-refractivity contribution in [2.24, 2.45) is 29.1 Å². The normalized spacial score (nSPS) is 30.3. The molecule has 7 rings (SSSR count). The summed E-state index contributed by atoms with van der Waals surface area (Å²) in [6.45, 7) is 1.79. The first-order chi connectivity index (χ1) is 20.1. The van der Waals surface area contributed by atoms with Crippen molar-refractivity contribution in [3.63, 3.8) is 0 Å². The maximum atomic E-state index is 14.4. The number of anilines is 2. The van der Waals surface area contributed by atoms with Crippen LogP contribution in [0.25, 0.3) is 0 Å². The molecule has 0 spiro atoms. The average molecular weight is 693 g/mol. The number of nitrogens with zero attached hydrogens (tertiary/aromatic N) is 2. The third-order valence-corrected chi connectivity index (χ3v) is 10.6. The monoisotopic (exact) mass is 692 g/mol. The van der Waals surface area contributed by atoms with E-state index >= 15 is 0 Å². The van der Waals surface area contributed by atoms with Crippen LogP contribution in [0.4, 0.5) is 11.4 Å². The third-order valence-electron chi connectivity index (χ3n) is 9.67. The lowest BCUT2D eigenvalue weighted by Crippen LogP contribution is -2.48. The number of phenols is 1. The molecule has 4 aliphatic rings. The molecule has 2 heterocycles. The Bertz CT molecular complexity index is 1710. The van der Waals surface area contributed by atoms with E-state index in [1.165, 1.54) is 15.9 Å². The zero-order valence-electron chi connectivity index (χ0n) is 22.5. The van der Waals surface area contributed by atoms with Crippen LogP contribution in [0.2, 0.25) is 5.02 Å². The van der Waals surface area contributed by atoms with E-state index in [-0.39, 0.29) is 35.8 Å². The number of fused-ring (bicyclic) bond motifs is 4. The second-order valence-corrected chi connectivity index (χ2v) is 13.4. The summed E-state index contributed by atoms with van der Waals surface area (Å²) in [5.74, 6) is -4.50. The molecule has 1 saturated carbocycles. The summed E-state index contributed by atoms with van der Waals surface area (Å²) in [7, 11) is 0. The van der Waals surface area contributed by atoms with Gasteiger partial charge in [-0.15, -0.1) is 0 Å². The quantitative estimate of drug-likeness (QED) is 0.204. The predicted molar refractivity (Wildman–Crippen MR) is 166 cm³/mol. The first kappa shape index (κ1) is 27.3. The van der Waals surface area contributed by atoms with Gasteiger partial charge in [0.05, 0.1) is 34.5 Å². The number of rotatable bonds is 3. The summed E-state index contributed by atoms with van der Waals surface area (Å²) >= 11 is 8.59. The summed E-state index contributed by atoms with van der Waals surface area (Å²) in [6.07, 6.45) is 2.53. The lowest BCUT2D eigenvalue weighted by Gasteiger charge is -2.49. The van der Waals surface area contributed by atoms with Gasteiger partial charge in [-0.1, -0.05) is 41.4 Å². The highest BCUT2D eigenvalue weighted by Gasteiger charge is 2.68. The van der Waals surface area contributed by atoms with Crippen LogP contribution in [0.5, 0.6) is 5.75 Å². The minimum Gasteiger partial charge on any atom is -0.508 e. The van der Waals surface area contributed by atoms with E-state index in [1.54, 1.807) is 55.5 Å². The van der Waals surface area contributed by atoms with E-state index in [2.05, 4.69) is 22.6 Å². The van der Waals surface area contributed by atoms with Gasteiger partial charge in [-0.25, -0.2) is 4.90 Å². The Labute approximate surface area is 261 Å². The lowest BCUT2D eigenvalue weighted by atomic mass is 9.51. The van der Waals surface area contributed by atoms with Crippen molar-refractivity contribution in [3.05, 3.63) is 98.6 Å². The Balaban J connectivity index is 1.38. The van der Waals surface area contributed by atoms with Gasteiger partial charge in [0.25, 0.3) is 0 Å². The van der Waals surface area contributed by atoms with Crippen LogP contribution in [0.3, 0.4) is 0 Å². The lowest BCUT2D eigenvalue weighted by molar-refractivity contribution is -0.131. The molecule has 3 aromatic rings. The molecule has 3 aromatic carbocycles. The number of amides is 4. The standard InChI is InChI=1S/C33H26ClIN2O5/c1-33-25(30(40)37(32(33)42)19-5-3-2-4-6-19)16-23-21(28(33)24-15-17(34)7-14-26(24)38)12-13-22-27(23)31(41)36(29(22)39)20-10-8-18(35)9-11-20/h2-12,14-15,22-23,25,27-28,38H,13,16H2,1H3/t22-,23+,25-,27-,28+,33+/m0/s1. The number of hydrogen-bond acceptors (Lipinski definition) is 5. The van der Waals surface area contributed by atoms with Crippen molar-refractivity contribution >= 4 is 69.2 Å². The highest BCUT2D eigenvalue weighted by Crippen LogP contribution is 2.64. The van der Waals surface area contributed by atoms with Gasteiger partial charge in [-0.2, -0.15) is 0 Å². The van der Waals surface area contributed by atoms with E-state index in [1.807, 2.05) is 24.3 Å². The second kappa shape index (κ2) is 9.77. The Morgan fingerprint density at radius 2 is 1.55 bits per heavy atom. The number of benzene rings is 3. The molecule has 0 radical (unpaired) electrons. The minimum atomic E-state index is -1.24. The zero-order valence-corrected chi connectivity index (χ0v) is 25.5. The first-order valence-electron chi connectivity index (χ1n) is 13.9. The van der Waals surface area contributed by atoms with E-state index in [9.17, 15) is 24.3 Å². The number of aromatic hydroxyl groups is 1. The molecule has 2 saturated heterocycles. The summed E-state index contributed by atoms with van der Waals surface area (Å²) in [6, 6.07) is 20.8. The molecule has 0 bridgehead atoms. The number of imide groups is 2. The van der Waals surface area contributed by atoms with Crippen molar-refractivity contribution in [1.82, 2.24) is 0 Å². The van der Waals surface area contributed by atoms with Gasteiger partial charge >= 0.3 is 0 Å². The number of allylic oxidation sites excluding steroid dienone is 2. The van der Waals surface area contributed by atoms with Gasteiger partial charge in [-0.3, -0.25) is 24.1 Å². The Morgan fingerprint density at radius 3 is 2.26 bits per heavy atom. The van der Waals surface area contributed by atoms with Crippen LogP contribution in [0, 0.1) is 32.7 Å². The van der Waals surface area contributed by atoms with E-state index in [0.717, 1.165) is 9.14 Å². The van der Waals surface area contributed by atoms with Crippen molar-refractivity contribution in [3.8, 4) is 5.75 Å². The van der Waals surface area contributed by atoms with Crippen LogP contribution in [0.15, 0.2) is 84.4 Å². The highest BCUT2D eigenvalue weighted by atomic mass is 127. The summed E-state index contributed by atoms with van der Waals surface area (Å²) < 4.78 is 0.986.